The van der Waals surface area contributed by atoms with Crippen LogP contribution >= 0.6 is 0 Å². The normalized spacial score (nSPS) is 10.5. The van der Waals surface area contributed by atoms with Crippen molar-refractivity contribution < 1.29 is 4.79 Å². The standard InChI is InChI=1S/C16H19NO/c1-2-3-6-16(18)14-9-7-13(8-10-14)12-15-5-4-11-17-15/h4-5,7-11,17H,2-3,6,12H2,1H3. The third-order valence-corrected chi connectivity index (χ3v) is 3.09. The van der Waals surface area contributed by atoms with Gasteiger partial charge in [0.15, 0.2) is 5.78 Å². The number of hydrogen-bond acceptors (Lipinski definition) is 1. The molecule has 1 heterocycles. The van der Waals surface area contributed by atoms with E-state index in [9.17, 15) is 4.79 Å². The van der Waals surface area contributed by atoms with Gasteiger partial charge in [-0.15, -0.1) is 0 Å². The molecule has 0 unspecified atom stereocenters. The minimum absolute atomic E-state index is 0.253. The number of nitrogens with one attached hydrogen (secondary N) is 1. The molecule has 0 amide bonds. The molecule has 2 heteroatoms. The second-order valence-electron chi connectivity index (χ2n) is 4.60. The third-order valence-electron chi connectivity index (χ3n) is 3.09. The number of carbonyl (C=O) groups excluding carboxylic acids is 1. The number of unbranched alkanes of at least 4 members (excludes halogenated alkanes) is 1. The molecule has 2 aromatic rings. The molecular formula is C16H19NO. The van der Waals surface area contributed by atoms with Gasteiger partial charge in [0.25, 0.3) is 0 Å². The first kappa shape index (κ1) is 12.6. The van der Waals surface area contributed by atoms with Crippen LogP contribution in [0.5, 0.6) is 0 Å². The lowest BCUT2D eigenvalue weighted by molar-refractivity contribution is 0.0980. The first-order valence-electron chi connectivity index (χ1n) is 6.54. The van der Waals surface area contributed by atoms with Crippen LogP contribution in [0, 0.1) is 0 Å². The van der Waals surface area contributed by atoms with Crippen LogP contribution in [0.4, 0.5) is 0 Å². The molecule has 0 bridgehead atoms. The molecule has 94 valence electrons. The molecule has 0 atom stereocenters. The van der Waals surface area contributed by atoms with Gasteiger partial charge in [0.2, 0.25) is 0 Å². The molecule has 0 aliphatic carbocycles. The molecule has 0 aliphatic rings. The van der Waals surface area contributed by atoms with E-state index in [2.05, 4.69) is 18.0 Å². The van der Waals surface area contributed by atoms with Crippen LogP contribution in [0.1, 0.15) is 47.8 Å². The minimum Gasteiger partial charge on any atom is -0.365 e. The summed E-state index contributed by atoms with van der Waals surface area (Å²) in [6, 6.07) is 12.0. The SMILES string of the molecule is CCCCC(=O)c1ccc(Cc2ccc[nH]2)cc1. The molecule has 1 N–H and O–H groups in total. The van der Waals surface area contributed by atoms with E-state index in [1.807, 2.05) is 36.5 Å². The van der Waals surface area contributed by atoms with E-state index in [-0.39, 0.29) is 5.78 Å². The molecule has 0 aliphatic heterocycles. The summed E-state index contributed by atoms with van der Waals surface area (Å²) in [5.41, 5.74) is 3.25. The Bertz CT molecular complexity index is 482. The van der Waals surface area contributed by atoms with Gasteiger partial charge in [-0.25, -0.2) is 0 Å². The zero-order valence-electron chi connectivity index (χ0n) is 10.8. The summed E-state index contributed by atoms with van der Waals surface area (Å²) in [5, 5.41) is 0. The second-order valence-corrected chi connectivity index (χ2v) is 4.60. The number of aromatic amines is 1. The molecular weight excluding hydrogens is 222 g/mol. The summed E-state index contributed by atoms with van der Waals surface area (Å²) in [4.78, 5) is 15.0. The first-order chi connectivity index (χ1) is 8.79. The quantitative estimate of drug-likeness (QED) is 0.762. The highest BCUT2D eigenvalue weighted by Gasteiger charge is 2.05. The van der Waals surface area contributed by atoms with E-state index in [4.69, 9.17) is 0 Å². The van der Waals surface area contributed by atoms with Gasteiger partial charge in [-0.2, -0.15) is 0 Å². The smallest absolute Gasteiger partial charge is 0.162 e. The number of carbonyl (C=O) groups is 1. The highest BCUT2D eigenvalue weighted by molar-refractivity contribution is 5.96. The summed E-state index contributed by atoms with van der Waals surface area (Å²) in [7, 11) is 0. The highest BCUT2D eigenvalue weighted by atomic mass is 16.1. The molecule has 18 heavy (non-hydrogen) atoms. The third kappa shape index (κ3) is 3.33. The average molecular weight is 241 g/mol. The minimum atomic E-state index is 0.253. The fraction of sp³-hybridized carbons (Fsp3) is 0.312. The number of Topliss-reactive ketones (excluding diaryl/α,β-unsaturated/α-hetero) is 1. The lowest BCUT2D eigenvalue weighted by Gasteiger charge is -2.03. The summed E-state index contributed by atoms with van der Waals surface area (Å²) in [5.74, 6) is 0.253. The maximum atomic E-state index is 11.8. The Morgan fingerprint density at radius 1 is 1.17 bits per heavy atom. The zero-order chi connectivity index (χ0) is 12.8. The Hall–Kier alpha value is -1.83. The number of hydrogen-bond donors (Lipinski definition) is 1. The largest absolute Gasteiger partial charge is 0.365 e. The molecule has 0 spiro atoms. The predicted octanol–water partition coefficient (Wildman–Crippen LogP) is 3.98. The fourth-order valence-electron chi connectivity index (χ4n) is 1.99. The molecule has 1 aromatic carbocycles. The summed E-state index contributed by atoms with van der Waals surface area (Å²) in [6.45, 7) is 2.10. The average Bonchev–Trinajstić information content (AvgIpc) is 2.89. The lowest BCUT2D eigenvalue weighted by Crippen LogP contribution is -1.99. The van der Waals surface area contributed by atoms with Crippen LogP contribution in [-0.4, -0.2) is 10.8 Å². The highest BCUT2D eigenvalue weighted by Crippen LogP contribution is 2.12. The van der Waals surface area contributed by atoms with E-state index in [1.165, 1.54) is 11.3 Å². The van der Waals surface area contributed by atoms with Crippen molar-refractivity contribution >= 4 is 5.78 Å². The molecule has 0 saturated carbocycles. The molecule has 0 saturated heterocycles. The monoisotopic (exact) mass is 241 g/mol. The topological polar surface area (TPSA) is 32.9 Å². The Labute approximate surface area is 108 Å². The number of ketones is 1. The van der Waals surface area contributed by atoms with Gasteiger partial charge >= 0.3 is 0 Å². The number of rotatable bonds is 6. The Morgan fingerprint density at radius 2 is 1.94 bits per heavy atom. The number of aromatic nitrogens is 1. The van der Waals surface area contributed by atoms with E-state index < -0.39 is 0 Å². The second kappa shape index (κ2) is 6.20. The predicted molar refractivity (Wildman–Crippen MR) is 73.9 cm³/mol. The first-order valence-corrected chi connectivity index (χ1v) is 6.54. The molecule has 0 radical (unpaired) electrons. The van der Waals surface area contributed by atoms with Crippen molar-refractivity contribution in [3.63, 3.8) is 0 Å². The van der Waals surface area contributed by atoms with Crippen molar-refractivity contribution in [2.45, 2.75) is 32.6 Å². The summed E-state index contributed by atoms with van der Waals surface area (Å²) >= 11 is 0. The molecule has 1 aromatic heterocycles. The van der Waals surface area contributed by atoms with Crippen molar-refractivity contribution in [1.29, 1.82) is 0 Å². The van der Waals surface area contributed by atoms with Crippen LogP contribution in [0.25, 0.3) is 0 Å². The van der Waals surface area contributed by atoms with Crippen molar-refractivity contribution in [2.75, 3.05) is 0 Å². The lowest BCUT2D eigenvalue weighted by atomic mass is 10.0. The van der Waals surface area contributed by atoms with E-state index >= 15 is 0 Å². The van der Waals surface area contributed by atoms with Crippen LogP contribution < -0.4 is 0 Å². The van der Waals surface area contributed by atoms with Crippen molar-refractivity contribution in [2.24, 2.45) is 0 Å². The van der Waals surface area contributed by atoms with Gasteiger partial charge in [0.05, 0.1) is 0 Å². The van der Waals surface area contributed by atoms with Crippen molar-refractivity contribution in [1.82, 2.24) is 4.98 Å². The van der Waals surface area contributed by atoms with Gasteiger partial charge < -0.3 is 4.98 Å². The molecule has 0 fully saturated rings. The van der Waals surface area contributed by atoms with E-state index in [1.54, 1.807) is 0 Å². The Kier molecular flexibility index (Phi) is 4.35. The van der Waals surface area contributed by atoms with Gasteiger partial charge in [0, 0.05) is 30.3 Å². The number of H-pyrrole nitrogens is 1. The van der Waals surface area contributed by atoms with Gasteiger partial charge in [-0.05, 0) is 24.1 Å². The molecule has 2 nitrogen and oxygen atoms in total. The fourth-order valence-corrected chi connectivity index (χ4v) is 1.99. The maximum absolute atomic E-state index is 11.8. The van der Waals surface area contributed by atoms with Crippen molar-refractivity contribution in [3.8, 4) is 0 Å². The van der Waals surface area contributed by atoms with Crippen LogP contribution in [-0.2, 0) is 6.42 Å². The summed E-state index contributed by atoms with van der Waals surface area (Å²) in [6.07, 6.45) is 5.51. The summed E-state index contributed by atoms with van der Waals surface area (Å²) < 4.78 is 0. The van der Waals surface area contributed by atoms with Gasteiger partial charge in [0.1, 0.15) is 0 Å². The Morgan fingerprint density at radius 3 is 2.56 bits per heavy atom. The number of benzene rings is 1. The molecule has 2 rings (SSSR count). The Balaban J connectivity index is 1.99. The van der Waals surface area contributed by atoms with Gasteiger partial charge in [-0.3, -0.25) is 4.79 Å². The van der Waals surface area contributed by atoms with Crippen LogP contribution in [0.2, 0.25) is 0 Å². The van der Waals surface area contributed by atoms with Gasteiger partial charge in [-0.1, -0.05) is 37.6 Å². The van der Waals surface area contributed by atoms with Crippen molar-refractivity contribution in [3.05, 3.63) is 59.4 Å². The zero-order valence-corrected chi connectivity index (χ0v) is 10.8. The van der Waals surface area contributed by atoms with E-state index in [0.717, 1.165) is 24.8 Å². The van der Waals surface area contributed by atoms with Crippen LogP contribution in [0.3, 0.4) is 0 Å². The van der Waals surface area contributed by atoms with E-state index in [0.29, 0.717) is 6.42 Å². The van der Waals surface area contributed by atoms with Crippen LogP contribution in [0.15, 0.2) is 42.6 Å². The maximum Gasteiger partial charge on any atom is 0.162 e.